The van der Waals surface area contributed by atoms with Crippen LogP contribution in [-0.4, -0.2) is 63.4 Å². The quantitative estimate of drug-likeness (QED) is 0.272. The number of hydrogen-bond donors (Lipinski definition) is 4. The Morgan fingerprint density at radius 1 is 1.13 bits per heavy atom. The zero-order chi connectivity index (χ0) is 27.3. The second kappa shape index (κ2) is 7.95. The van der Waals surface area contributed by atoms with E-state index in [0.717, 1.165) is 12.8 Å². The van der Waals surface area contributed by atoms with Gasteiger partial charge in [-0.05, 0) is 37.5 Å². The zero-order valence-electron chi connectivity index (χ0n) is 20.1. The molecule has 2 atom stereocenters. The van der Waals surface area contributed by atoms with Crippen molar-refractivity contribution in [3.63, 3.8) is 0 Å². The molecule has 1 amide bonds. The maximum atomic E-state index is 13.4. The van der Waals surface area contributed by atoms with Crippen LogP contribution in [0.3, 0.4) is 0 Å². The summed E-state index contributed by atoms with van der Waals surface area (Å²) in [6.45, 7) is -3.17. The van der Waals surface area contributed by atoms with Gasteiger partial charge in [0.25, 0.3) is 5.91 Å². The molecule has 1 saturated carbocycles. The van der Waals surface area contributed by atoms with E-state index < -0.39 is 36.1 Å². The first-order valence-corrected chi connectivity index (χ1v) is 12.1. The molecule has 4 aromatic rings. The number of nitrogens with two attached hydrogens (primary N) is 1. The lowest BCUT2D eigenvalue weighted by molar-refractivity contribution is -0.385. The minimum atomic E-state index is -3.55. The van der Waals surface area contributed by atoms with E-state index in [-0.39, 0.29) is 29.0 Å². The molecule has 0 radical (unpaired) electrons. The average molecular weight is 537 g/mol. The number of alkyl halides is 2. The summed E-state index contributed by atoms with van der Waals surface area (Å²) in [5, 5.41) is 35.0. The summed E-state index contributed by atoms with van der Waals surface area (Å²) >= 11 is 0. The van der Waals surface area contributed by atoms with Gasteiger partial charge in [0, 0.05) is 40.6 Å². The summed E-state index contributed by atoms with van der Waals surface area (Å²) < 4.78 is 32.9. The molecule has 3 aliphatic rings. The molecular weight excluding hydrogens is 516 g/mol. The van der Waals surface area contributed by atoms with Crippen LogP contribution in [0.5, 0.6) is 5.75 Å². The number of rotatable bonds is 5. The highest BCUT2D eigenvalue weighted by atomic mass is 19.3. The van der Waals surface area contributed by atoms with E-state index in [1.165, 1.54) is 29.0 Å². The number of nitrogens with zero attached hydrogens (tertiary/aromatic N) is 6. The molecule has 3 aromatic heterocycles. The smallest absolute Gasteiger partial charge is 0.387 e. The van der Waals surface area contributed by atoms with Crippen LogP contribution >= 0.6 is 0 Å². The lowest BCUT2D eigenvalue weighted by Crippen LogP contribution is -2.53. The van der Waals surface area contributed by atoms with Crippen molar-refractivity contribution >= 4 is 11.4 Å². The van der Waals surface area contributed by atoms with Gasteiger partial charge in [0.2, 0.25) is 0 Å². The number of ether oxygens (including phenoxy) is 1. The fourth-order valence-electron chi connectivity index (χ4n) is 5.68. The van der Waals surface area contributed by atoms with E-state index >= 15 is 0 Å². The number of fused-ring (bicyclic) bond motifs is 9. The third-order valence-electron chi connectivity index (χ3n) is 7.61. The van der Waals surface area contributed by atoms with Gasteiger partial charge in [0.05, 0.1) is 28.5 Å². The highest BCUT2D eigenvalue weighted by Gasteiger charge is 2.52. The fourth-order valence-corrected chi connectivity index (χ4v) is 5.68. The van der Waals surface area contributed by atoms with Crippen LogP contribution in [0, 0.1) is 0 Å². The largest absolute Gasteiger partial charge is 0.434 e. The van der Waals surface area contributed by atoms with Gasteiger partial charge >= 0.3 is 12.7 Å². The molecule has 7 rings (SSSR count). The Labute approximate surface area is 218 Å². The van der Waals surface area contributed by atoms with Gasteiger partial charge in [0.15, 0.2) is 0 Å². The molecule has 0 spiro atoms. The molecule has 5 N–H and O–H groups in total. The van der Waals surface area contributed by atoms with Crippen LogP contribution in [0.4, 0.5) is 8.78 Å². The van der Waals surface area contributed by atoms with E-state index in [2.05, 4.69) is 20.1 Å². The van der Waals surface area contributed by atoms with Crippen molar-refractivity contribution in [1.82, 2.24) is 29.5 Å². The molecule has 200 valence electrons. The van der Waals surface area contributed by atoms with Gasteiger partial charge in [-0.2, -0.15) is 13.9 Å². The monoisotopic (exact) mass is 537 g/mol. The van der Waals surface area contributed by atoms with Crippen molar-refractivity contribution in [3.05, 3.63) is 71.2 Å². The van der Waals surface area contributed by atoms with E-state index in [1.54, 1.807) is 18.5 Å². The lowest BCUT2D eigenvalue weighted by Gasteiger charge is -2.34. The van der Waals surface area contributed by atoms with Crippen LogP contribution in [0.1, 0.15) is 64.2 Å². The summed E-state index contributed by atoms with van der Waals surface area (Å²) in [4.78, 5) is 27.1. The number of halogens is 2. The standard InChI is InChI=1S/C25H21F2N7O5/c26-23(27)39-17-3-1-2-12-18(17)13-6-16(34(21(12)35)25(36,37)38)20-19(13)15-7-14(31-10-33(15)32-20)11-8-29-22(30-9-11)24(28)4-5-24/h1-3,7-10,13,16,23,36-38H,4-6,28H2. The molecule has 2 unspecified atom stereocenters. The Morgan fingerprint density at radius 2 is 1.87 bits per heavy atom. The van der Waals surface area contributed by atoms with Crippen LogP contribution in [0.15, 0.2) is 43.0 Å². The molecule has 2 bridgehead atoms. The van der Waals surface area contributed by atoms with Crippen molar-refractivity contribution in [2.45, 2.75) is 49.5 Å². The SMILES string of the molecule is NC1(c2ncc(-c3cc4c5c(nn4cn3)C3CC5c4c(OC(F)F)cccc4C(=O)N3C(O)(O)O)cn2)CC1. The second-order valence-corrected chi connectivity index (χ2v) is 10.0. The van der Waals surface area contributed by atoms with Gasteiger partial charge in [0.1, 0.15) is 17.9 Å². The number of hydrogen-bond acceptors (Lipinski definition) is 10. The highest BCUT2D eigenvalue weighted by Crippen LogP contribution is 2.54. The van der Waals surface area contributed by atoms with Gasteiger partial charge in [-0.1, -0.05) is 6.07 Å². The number of carbonyl (C=O) groups is 1. The molecule has 39 heavy (non-hydrogen) atoms. The van der Waals surface area contributed by atoms with Gasteiger partial charge in [-0.15, -0.1) is 0 Å². The lowest BCUT2D eigenvalue weighted by atomic mass is 9.88. The van der Waals surface area contributed by atoms with Crippen molar-refractivity contribution < 1.29 is 33.6 Å². The Hall–Kier alpha value is -4.11. The van der Waals surface area contributed by atoms with Crippen molar-refractivity contribution in [2.75, 3.05) is 0 Å². The Bertz CT molecular complexity index is 1650. The summed E-state index contributed by atoms with van der Waals surface area (Å²) in [5.74, 6) is -1.36. The first-order valence-electron chi connectivity index (χ1n) is 12.1. The Morgan fingerprint density at radius 3 is 2.54 bits per heavy atom. The predicted molar refractivity (Wildman–Crippen MR) is 127 cm³/mol. The topological polar surface area (TPSA) is 172 Å². The number of aromatic nitrogens is 5. The van der Waals surface area contributed by atoms with Crippen LogP contribution in [-0.2, 0) is 5.54 Å². The Kier molecular flexibility index (Phi) is 4.89. The summed E-state index contributed by atoms with van der Waals surface area (Å²) in [6, 6.07) is 4.65. The van der Waals surface area contributed by atoms with Crippen molar-refractivity contribution in [2.24, 2.45) is 5.73 Å². The number of carbonyl (C=O) groups excluding carboxylic acids is 1. The molecule has 14 heteroatoms. The number of amides is 1. The fraction of sp³-hybridized carbons (Fsp3) is 0.320. The van der Waals surface area contributed by atoms with E-state index in [0.29, 0.717) is 33.1 Å². The predicted octanol–water partition coefficient (Wildman–Crippen LogP) is 1.36. The highest BCUT2D eigenvalue weighted by molar-refractivity contribution is 5.98. The minimum Gasteiger partial charge on any atom is -0.434 e. The maximum absolute atomic E-state index is 13.4. The molecule has 0 saturated heterocycles. The van der Waals surface area contributed by atoms with E-state index in [1.807, 2.05) is 0 Å². The van der Waals surface area contributed by atoms with E-state index in [9.17, 15) is 28.9 Å². The molecule has 2 aliphatic carbocycles. The minimum absolute atomic E-state index is 0.0357. The zero-order valence-corrected chi connectivity index (χ0v) is 20.1. The maximum Gasteiger partial charge on any atom is 0.387 e. The van der Waals surface area contributed by atoms with Gasteiger partial charge in [-0.3, -0.25) is 9.69 Å². The third-order valence-corrected chi connectivity index (χ3v) is 7.61. The normalized spacial score (nSPS) is 21.2. The molecular formula is C25H21F2N7O5. The van der Waals surface area contributed by atoms with Gasteiger partial charge in [-0.25, -0.2) is 19.5 Å². The number of aliphatic hydroxyl groups is 3. The first-order chi connectivity index (χ1) is 18.5. The average Bonchev–Trinajstić information content (AvgIpc) is 3.43. The van der Waals surface area contributed by atoms with Crippen LogP contribution in [0.25, 0.3) is 16.8 Å². The van der Waals surface area contributed by atoms with Crippen LogP contribution in [0.2, 0.25) is 0 Å². The summed E-state index contributed by atoms with van der Waals surface area (Å²) in [7, 11) is 0. The van der Waals surface area contributed by atoms with Gasteiger partial charge < -0.3 is 25.8 Å². The second-order valence-electron chi connectivity index (χ2n) is 10.0. The van der Waals surface area contributed by atoms with E-state index in [4.69, 9.17) is 10.5 Å². The molecule has 1 fully saturated rings. The van der Waals surface area contributed by atoms with Crippen molar-refractivity contribution in [1.29, 1.82) is 0 Å². The third kappa shape index (κ3) is 3.60. The molecule has 12 nitrogen and oxygen atoms in total. The summed E-state index contributed by atoms with van der Waals surface area (Å²) in [6.07, 6.45) is 2.80. The first kappa shape index (κ1) is 24.0. The Balaban J connectivity index is 1.42. The number of benzene rings is 1. The van der Waals surface area contributed by atoms with Crippen molar-refractivity contribution in [3.8, 4) is 17.0 Å². The summed E-state index contributed by atoms with van der Waals surface area (Å²) in [5.41, 5.74) is 8.18. The molecule has 1 aromatic carbocycles. The molecule has 1 aliphatic heterocycles. The van der Waals surface area contributed by atoms with Crippen LogP contribution < -0.4 is 10.5 Å². The molecule has 4 heterocycles.